The maximum Gasteiger partial charge on any atom is -0.0383 e. The van der Waals surface area contributed by atoms with E-state index in [0.29, 0.717) is 0 Å². The largest absolute Gasteiger partial charge is 0.0654 e. The molecule has 1 radical (unpaired) electrons. The van der Waals surface area contributed by atoms with Crippen molar-refractivity contribution in [2.24, 2.45) is 5.92 Å². The van der Waals surface area contributed by atoms with E-state index in [1.54, 1.807) is 0 Å². The standard InChI is InChI=1S/C9H17/c1-2-3-6-9-7-4-5-8-9/h4,9H,2-3,5-8H2,1H3. The first-order chi connectivity index (χ1) is 4.43. The van der Waals surface area contributed by atoms with Gasteiger partial charge in [-0.2, -0.15) is 0 Å². The third-order valence-corrected chi connectivity index (χ3v) is 2.24. The van der Waals surface area contributed by atoms with Crippen LogP contribution in [0.3, 0.4) is 0 Å². The van der Waals surface area contributed by atoms with Gasteiger partial charge in [-0.15, -0.1) is 0 Å². The van der Waals surface area contributed by atoms with Gasteiger partial charge in [0, 0.05) is 0 Å². The van der Waals surface area contributed by atoms with Crippen molar-refractivity contribution in [3.63, 3.8) is 0 Å². The minimum atomic E-state index is 1.06. The summed E-state index contributed by atoms with van der Waals surface area (Å²) in [5.74, 6) is 1.06. The van der Waals surface area contributed by atoms with Gasteiger partial charge < -0.3 is 0 Å². The molecule has 0 aromatic carbocycles. The molecule has 1 aliphatic rings. The van der Waals surface area contributed by atoms with Crippen LogP contribution in [0, 0.1) is 12.3 Å². The Hall–Kier alpha value is 0. The van der Waals surface area contributed by atoms with E-state index in [4.69, 9.17) is 0 Å². The van der Waals surface area contributed by atoms with E-state index < -0.39 is 0 Å². The zero-order valence-corrected chi connectivity index (χ0v) is 6.40. The molecule has 1 fully saturated rings. The highest BCUT2D eigenvalue weighted by Gasteiger charge is 2.13. The molecular formula is C9H17. The van der Waals surface area contributed by atoms with Gasteiger partial charge in [-0.1, -0.05) is 32.6 Å². The lowest BCUT2D eigenvalue weighted by Crippen LogP contribution is -1.91. The Morgan fingerprint density at radius 2 is 2.44 bits per heavy atom. The Balaban J connectivity index is 1.98. The van der Waals surface area contributed by atoms with E-state index in [9.17, 15) is 0 Å². The molecule has 0 heteroatoms. The zero-order chi connectivity index (χ0) is 6.53. The summed E-state index contributed by atoms with van der Waals surface area (Å²) in [6.45, 7) is 2.28. The van der Waals surface area contributed by atoms with Gasteiger partial charge in [-0.3, -0.25) is 0 Å². The van der Waals surface area contributed by atoms with Crippen molar-refractivity contribution in [3.05, 3.63) is 6.42 Å². The lowest BCUT2D eigenvalue weighted by Gasteiger charge is -2.05. The summed E-state index contributed by atoms with van der Waals surface area (Å²) in [6.07, 6.45) is 11.0. The third kappa shape index (κ3) is 2.38. The molecule has 0 aliphatic heterocycles. The van der Waals surface area contributed by atoms with Gasteiger partial charge in [0.15, 0.2) is 0 Å². The predicted molar refractivity (Wildman–Crippen MR) is 41.2 cm³/mol. The molecule has 0 amide bonds. The molecule has 0 aromatic rings. The molecular weight excluding hydrogens is 108 g/mol. The van der Waals surface area contributed by atoms with Gasteiger partial charge in [-0.05, 0) is 25.2 Å². The maximum atomic E-state index is 2.44. The SMILES string of the molecule is CCCCC1C[CH]CC1. The minimum Gasteiger partial charge on any atom is -0.0654 e. The van der Waals surface area contributed by atoms with E-state index in [0.717, 1.165) is 5.92 Å². The van der Waals surface area contributed by atoms with E-state index in [2.05, 4.69) is 13.3 Å². The zero-order valence-electron chi connectivity index (χ0n) is 6.40. The van der Waals surface area contributed by atoms with Gasteiger partial charge in [0.2, 0.25) is 0 Å². The Labute approximate surface area is 58.7 Å². The molecule has 0 heterocycles. The van der Waals surface area contributed by atoms with Crippen molar-refractivity contribution in [1.29, 1.82) is 0 Å². The van der Waals surface area contributed by atoms with E-state index in [-0.39, 0.29) is 0 Å². The minimum absolute atomic E-state index is 1.06. The second-order valence-corrected chi connectivity index (χ2v) is 3.11. The highest BCUT2D eigenvalue weighted by atomic mass is 14.2. The lowest BCUT2D eigenvalue weighted by atomic mass is 10.0. The van der Waals surface area contributed by atoms with E-state index in [1.807, 2.05) is 0 Å². The van der Waals surface area contributed by atoms with Crippen LogP contribution in [0.15, 0.2) is 0 Å². The second-order valence-electron chi connectivity index (χ2n) is 3.11. The van der Waals surface area contributed by atoms with Crippen LogP contribution in [0.1, 0.15) is 45.4 Å². The predicted octanol–water partition coefficient (Wildman–Crippen LogP) is 3.18. The second kappa shape index (κ2) is 3.92. The lowest BCUT2D eigenvalue weighted by molar-refractivity contribution is 0.485. The molecule has 1 rings (SSSR count). The van der Waals surface area contributed by atoms with Crippen LogP contribution in [0.4, 0.5) is 0 Å². The molecule has 0 bridgehead atoms. The van der Waals surface area contributed by atoms with Crippen LogP contribution < -0.4 is 0 Å². The summed E-state index contributed by atoms with van der Waals surface area (Å²) in [7, 11) is 0. The Morgan fingerprint density at radius 1 is 1.56 bits per heavy atom. The molecule has 0 spiro atoms. The van der Waals surface area contributed by atoms with Crippen LogP contribution in [0.25, 0.3) is 0 Å². The quantitative estimate of drug-likeness (QED) is 0.543. The van der Waals surface area contributed by atoms with Crippen molar-refractivity contribution in [2.75, 3.05) is 0 Å². The molecule has 0 nitrogen and oxygen atoms in total. The molecule has 0 N–H and O–H groups in total. The van der Waals surface area contributed by atoms with E-state index >= 15 is 0 Å². The number of hydrogen-bond donors (Lipinski definition) is 0. The number of unbranched alkanes of at least 4 members (excludes halogenated alkanes) is 1. The highest BCUT2D eigenvalue weighted by molar-refractivity contribution is 4.79. The van der Waals surface area contributed by atoms with E-state index in [1.165, 1.54) is 38.5 Å². The van der Waals surface area contributed by atoms with Crippen LogP contribution in [0.5, 0.6) is 0 Å². The number of hydrogen-bond acceptors (Lipinski definition) is 0. The Bertz CT molecular complexity index is 60.4. The van der Waals surface area contributed by atoms with Crippen molar-refractivity contribution in [2.45, 2.75) is 45.4 Å². The van der Waals surface area contributed by atoms with Crippen molar-refractivity contribution in [1.82, 2.24) is 0 Å². The molecule has 9 heavy (non-hydrogen) atoms. The van der Waals surface area contributed by atoms with Gasteiger partial charge in [0.05, 0.1) is 0 Å². The first kappa shape index (κ1) is 7.11. The maximum absolute atomic E-state index is 2.44. The molecule has 1 aliphatic carbocycles. The summed E-state index contributed by atoms with van der Waals surface area (Å²) in [5.41, 5.74) is 0. The average Bonchev–Trinajstić information content (AvgIpc) is 2.34. The average molecular weight is 125 g/mol. The molecule has 0 aromatic heterocycles. The first-order valence-electron chi connectivity index (χ1n) is 4.25. The normalized spacial score (nSPS) is 21.0. The van der Waals surface area contributed by atoms with Crippen LogP contribution in [0.2, 0.25) is 0 Å². The third-order valence-electron chi connectivity index (χ3n) is 2.24. The van der Waals surface area contributed by atoms with Crippen LogP contribution in [-0.4, -0.2) is 0 Å². The van der Waals surface area contributed by atoms with Crippen molar-refractivity contribution in [3.8, 4) is 0 Å². The van der Waals surface area contributed by atoms with Crippen LogP contribution in [-0.2, 0) is 0 Å². The molecule has 0 saturated heterocycles. The summed E-state index contributed by atoms with van der Waals surface area (Å²) in [4.78, 5) is 0. The van der Waals surface area contributed by atoms with Gasteiger partial charge in [-0.25, -0.2) is 0 Å². The fraction of sp³-hybridized carbons (Fsp3) is 0.889. The monoisotopic (exact) mass is 125 g/mol. The van der Waals surface area contributed by atoms with Crippen LogP contribution >= 0.6 is 0 Å². The molecule has 1 unspecified atom stereocenters. The summed E-state index contributed by atoms with van der Waals surface area (Å²) < 4.78 is 0. The topological polar surface area (TPSA) is 0 Å². The summed E-state index contributed by atoms with van der Waals surface area (Å²) in [5, 5.41) is 0. The van der Waals surface area contributed by atoms with Gasteiger partial charge in [0.1, 0.15) is 0 Å². The summed E-state index contributed by atoms with van der Waals surface area (Å²) in [6, 6.07) is 0. The first-order valence-corrected chi connectivity index (χ1v) is 4.25. The number of rotatable bonds is 3. The fourth-order valence-corrected chi connectivity index (χ4v) is 1.58. The molecule has 1 atom stereocenters. The Kier molecular flexibility index (Phi) is 3.10. The molecule has 53 valence electrons. The van der Waals surface area contributed by atoms with Crippen molar-refractivity contribution < 1.29 is 0 Å². The fourth-order valence-electron chi connectivity index (χ4n) is 1.58. The molecule has 1 saturated carbocycles. The summed E-state index contributed by atoms with van der Waals surface area (Å²) >= 11 is 0. The van der Waals surface area contributed by atoms with Gasteiger partial charge in [0.25, 0.3) is 0 Å². The highest BCUT2D eigenvalue weighted by Crippen LogP contribution is 2.27. The Morgan fingerprint density at radius 3 is 3.00 bits per heavy atom. The smallest absolute Gasteiger partial charge is 0.0383 e. The van der Waals surface area contributed by atoms with Crippen molar-refractivity contribution >= 4 is 0 Å². The van der Waals surface area contributed by atoms with Gasteiger partial charge >= 0.3 is 0 Å².